The summed E-state index contributed by atoms with van der Waals surface area (Å²) in [6.07, 6.45) is 1.30. The first kappa shape index (κ1) is 16.8. The molecule has 1 N–H and O–H groups in total. The van der Waals surface area contributed by atoms with Crippen molar-refractivity contribution >= 4 is 34.4 Å². The average molecular weight is 390 g/mol. The molecule has 1 aromatic heterocycles. The highest BCUT2D eigenvalue weighted by molar-refractivity contribution is 6.30. The van der Waals surface area contributed by atoms with Gasteiger partial charge in [-0.25, -0.2) is 9.78 Å². The molecule has 1 aliphatic rings. The molecule has 0 aliphatic carbocycles. The summed E-state index contributed by atoms with van der Waals surface area (Å²) < 4.78 is 5.35. The van der Waals surface area contributed by atoms with E-state index in [0.29, 0.717) is 11.6 Å². The van der Waals surface area contributed by atoms with E-state index in [-0.39, 0.29) is 12.1 Å². The van der Waals surface area contributed by atoms with Crippen LogP contribution in [0.15, 0.2) is 73.1 Å². The number of nitrogens with one attached hydrogen (secondary N) is 1. The van der Waals surface area contributed by atoms with Crippen LogP contribution in [0.2, 0.25) is 5.02 Å². The second-order valence-electron chi connectivity index (χ2n) is 6.70. The van der Waals surface area contributed by atoms with Crippen LogP contribution in [0.25, 0.3) is 22.2 Å². The zero-order valence-electron chi connectivity index (χ0n) is 14.8. The van der Waals surface area contributed by atoms with Crippen molar-refractivity contribution in [1.29, 1.82) is 0 Å². The number of carbonyl (C=O) groups is 1. The molecule has 1 unspecified atom stereocenters. The molecule has 5 nitrogen and oxygen atoms in total. The maximum Gasteiger partial charge on any atom is 0.415 e. The number of ether oxygens (including phenoxy) is 1. The van der Waals surface area contributed by atoms with Gasteiger partial charge in [0.15, 0.2) is 0 Å². The largest absolute Gasteiger partial charge is 0.447 e. The van der Waals surface area contributed by atoms with Gasteiger partial charge in [-0.3, -0.25) is 4.90 Å². The number of benzene rings is 3. The Morgan fingerprint density at radius 3 is 2.71 bits per heavy atom. The number of nitrogens with zero attached hydrogens (tertiary/aromatic N) is 2. The van der Waals surface area contributed by atoms with Gasteiger partial charge in [0.05, 0.1) is 29.1 Å². The first-order valence-electron chi connectivity index (χ1n) is 8.94. The number of anilines is 1. The molecule has 0 spiro atoms. The molecule has 28 heavy (non-hydrogen) atoms. The Hall–Kier alpha value is -3.31. The number of hydrogen-bond acceptors (Lipinski definition) is 3. The van der Waals surface area contributed by atoms with Crippen molar-refractivity contribution in [3.05, 3.63) is 83.6 Å². The number of imidazole rings is 1. The highest BCUT2D eigenvalue weighted by Gasteiger charge is 2.35. The lowest BCUT2D eigenvalue weighted by Gasteiger charge is -2.22. The zero-order valence-corrected chi connectivity index (χ0v) is 15.6. The van der Waals surface area contributed by atoms with Gasteiger partial charge >= 0.3 is 6.09 Å². The van der Waals surface area contributed by atoms with Crippen molar-refractivity contribution in [2.24, 2.45) is 0 Å². The van der Waals surface area contributed by atoms with Crippen LogP contribution in [0, 0.1) is 0 Å². The summed E-state index contributed by atoms with van der Waals surface area (Å²) >= 11 is 6.10. The molecule has 1 aliphatic heterocycles. The molecule has 1 saturated heterocycles. The number of amides is 1. The fourth-order valence-corrected chi connectivity index (χ4v) is 3.78. The van der Waals surface area contributed by atoms with E-state index >= 15 is 0 Å². The van der Waals surface area contributed by atoms with Crippen LogP contribution >= 0.6 is 11.6 Å². The van der Waals surface area contributed by atoms with Gasteiger partial charge in [0.2, 0.25) is 0 Å². The van der Waals surface area contributed by atoms with E-state index in [1.165, 1.54) is 0 Å². The minimum atomic E-state index is -0.345. The summed E-state index contributed by atoms with van der Waals surface area (Å²) in [7, 11) is 0. The number of halogens is 1. The van der Waals surface area contributed by atoms with E-state index in [1.54, 1.807) is 11.2 Å². The topological polar surface area (TPSA) is 58.2 Å². The van der Waals surface area contributed by atoms with Gasteiger partial charge < -0.3 is 9.72 Å². The van der Waals surface area contributed by atoms with Crippen molar-refractivity contribution in [3.63, 3.8) is 0 Å². The lowest BCUT2D eigenvalue weighted by Crippen LogP contribution is -2.27. The van der Waals surface area contributed by atoms with Crippen molar-refractivity contribution in [2.75, 3.05) is 11.5 Å². The molecule has 0 bridgehead atoms. The lowest BCUT2D eigenvalue weighted by atomic mass is 10.0. The fourth-order valence-electron chi connectivity index (χ4n) is 3.59. The van der Waals surface area contributed by atoms with Gasteiger partial charge in [0, 0.05) is 5.02 Å². The van der Waals surface area contributed by atoms with Gasteiger partial charge in [0.25, 0.3) is 0 Å². The van der Waals surface area contributed by atoms with Gasteiger partial charge in [-0.2, -0.15) is 0 Å². The van der Waals surface area contributed by atoms with Gasteiger partial charge in [0.1, 0.15) is 6.61 Å². The number of cyclic esters (lactones) is 1. The van der Waals surface area contributed by atoms with Gasteiger partial charge in [-0.15, -0.1) is 0 Å². The number of aromatic nitrogens is 2. The second kappa shape index (κ2) is 6.69. The molecule has 3 aromatic carbocycles. The van der Waals surface area contributed by atoms with E-state index < -0.39 is 0 Å². The summed E-state index contributed by atoms with van der Waals surface area (Å²) in [6, 6.07) is 21.4. The third-order valence-corrected chi connectivity index (χ3v) is 5.24. The van der Waals surface area contributed by atoms with E-state index in [9.17, 15) is 4.79 Å². The Labute approximate surface area is 166 Å². The predicted octanol–water partition coefficient (Wildman–Crippen LogP) is 5.58. The molecule has 1 fully saturated rings. The van der Waals surface area contributed by atoms with Crippen molar-refractivity contribution < 1.29 is 9.53 Å². The standard InChI is InChI=1S/C22H16ClN3O2/c23-17-3-1-2-16(10-17)14-4-6-15(7-5-14)21-12-28-22(27)26(21)18-8-9-19-20(11-18)25-13-24-19/h1-11,13,21H,12H2,(H,24,25). The molecule has 138 valence electrons. The Morgan fingerprint density at radius 2 is 1.89 bits per heavy atom. The summed E-state index contributed by atoms with van der Waals surface area (Å²) in [5, 5.41) is 0.705. The van der Waals surface area contributed by atoms with E-state index in [4.69, 9.17) is 16.3 Å². The number of aromatic amines is 1. The van der Waals surface area contributed by atoms with Crippen LogP contribution in [0.4, 0.5) is 10.5 Å². The maximum atomic E-state index is 12.4. The average Bonchev–Trinajstić information content (AvgIpc) is 3.34. The highest BCUT2D eigenvalue weighted by Crippen LogP contribution is 2.35. The molecule has 1 atom stereocenters. The molecular weight excluding hydrogens is 374 g/mol. The van der Waals surface area contributed by atoms with E-state index in [2.05, 4.69) is 9.97 Å². The Bertz CT molecular complexity index is 1170. The number of carbonyl (C=O) groups excluding carboxylic acids is 1. The summed E-state index contributed by atoms with van der Waals surface area (Å²) in [5.74, 6) is 0. The quantitative estimate of drug-likeness (QED) is 0.497. The van der Waals surface area contributed by atoms with Crippen molar-refractivity contribution in [2.45, 2.75) is 6.04 Å². The number of fused-ring (bicyclic) bond motifs is 1. The van der Waals surface area contributed by atoms with Crippen LogP contribution in [0.3, 0.4) is 0 Å². The number of rotatable bonds is 3. The van der Waals surface area contributed by atoms with Crippen LogP contribution < -0.4 is 4.90 Å². The third-order valence-electron chi connectivity index (χ3n) is 5.01. The molecule has 4 aromatic rings. The number of H-pyrrole nitrogens is 1. The first-order chi connectivity index (χ1) is 13.7. The first-order valence-corrected chi connectivity index (χ1v) is 9.32. The molecular formula is C22H16ClN3O2. The van der Waals surface area contributed by atoms with Crippen LogP contribution in [0.5, 0.6) is 0 Å². The minimum absolute atomic E-state index is 0.179. The van der Waals surface area contributed by atoms with Crippen LogP contribution in [-0.4, -0.2) is 22.7 Å². The van der Waals surface area contributed by atoms with Gasteiger partial charge in [-0.1, -0.05) is 48.0 Å². The lowest BCUT2D eigenvalue weighted by molar-refractivity contribution is 0.179. The Balaban J connectivity index is 1.48. The number of hydrogen-bond donors (Lipinski definition) is 1. The summed E-state index contributed by atoms with van der Waals surface area (Å²) in [5.41, 5.74) is 5.66. The zero-order chi connectivity index (χ0) is 19.1. The SMILES string of the molecule is O=C1OCC(c2ccc(-c3cccc(Cl)c3)cc2)N1c1ccc2nc[nH]c2c1. The molecule has 1 amide bonds. The molecule has 6 heteroatoms. The summed E-state index contributed by atoms with van der Waals surface area (Å²) in [6.45, 7) is 0.316. The van der Waals surface area contributed by atoms with Crippen molar-refractivity contribution in [1.82, 2.24) is 9.97 Å². The second-order valence-corrected chi connectivity index (χ2v) is 7.14. The molecule has 2 heterocycles. The Kier molecular flexibility index (Phi) is 4.02. The predicted molar refractivity (Wildman–Crippen MR) is 110 cm³/mol. The van der Waals surface area contributed by atoms with E-state index in [1.807, 2.05) is 66.7 Å². The fraction of sp³-hybridized carbons (Fsp3) is 0.0909. The molecule has 5 rings (SSSR count). The third kappa shape index (κ3) is 2.90. The highest BCUT2D eigenvalue weighted by atomic mass is 35.5. The normalized spacial score (nSPS) is 16.5. The van der Waals surface area contributed by atoms with Crippen LogP contribution in [-0.2, 0) is 4.74 Å². The maximum absolute atomic E-state index is 12.4. The van der Waals surface area contributed by atoms with Crippen LogP contribution in [0.1, 0.15) is 11.6 Å². The summed E-state index contributed by atoms with van der Waals surface area (Å²) in [4.78, 5) is 21.4. The van der Waals surface area contributed by atoms with E-state index in [0.717, 1.165) is 33.4 Å². The molecule has 0 saturated carbocycles. The smallest absolute Gasteiger partial charge is 0.415 e. The Morgan fingerprint density at radius 1 is 1.04 bits per heavy atom. The monoisotopic (exact) mass is 389 g/mol. The minimum Gasteiger partial charge on any atom is -0.447 e. The van der Waals surface area contributed by atoms with Crippen molar-refractivity contribution in [3.8, 4) is 11.1 Å². The van der Waals surface area contributed by atoms with Gasteiger partial charge in [-0.05, 0) is 47.0 Å². The molecule has 0 radical (unpaired) electrons.